The van der Waals surface area contributed by atoms with E-state index in [0.717, 1.165) is 18.2 Å². The van der Waals surface area contributed by atoms with Gasteiger partial charge in [0.1, 0.15) is 5.69 Å². The highest BCUT2D eigenvalue weighted by Crippen LogP contribution is 2.37. The zero-order valence-electron chi connectivity index (χ0n) is 20.1. The first kappa shape index (κ1) is 28.5. The summed E-state index contributed by atoms with van der Waals surface area (Å²) in [7, 11) is -5.94. The molecule has 1 aliphatic heterocycles. The minimum absolute atomic E-state index is 0.0597. The number of nitrogens with zero attached hydrogens (tertiary/aromatic N) is 2. The summed E-state index contributed by atoms with van der Waals surface area (Å²) in [5.74, 6) is -1.17. The van der Waals surface area contributed by atoms with E-state index in [2.05, 4.69) is 4.98 Å². The van der Waals surface area contributed by atoms with Crippen LogP contribution in [0.3, 0.4) is 0 Å². The second-order valence-electron chi connectivity index (χ2n) is 9.47. The first-order chi connectivity index (χ1) is 17.6. The molecule has 2 fully saturated rings. The van der Waals surface area contributed by atoms with Gasteiger partial charge in [-0.3, -0.25) is 9.00 Å². The van der Waals surface area contributed by atoms with Crippen molar-refractivity contribution in [1.82, 2.24) is 9.88 Å². The minimum atomic E-state index is -4.73. The number of carbonyl (C=O) groups is 1. The lowest BCUT2D eigenvalue weighted by Gasteiger charge is -2.34. The number of pyridine rings is 1. The Morgan fingerprint density at radius 1 is 1.00 bits per heavy atom. The highest BCUT2D eigenvalue weighted by Gasteiger charge is 2.40. The Kier molecular flexibility index (Phi) is 7.69. The van der Waals surface area contributed by atoms with E-state index in [1.165, 1.54) is 11.8 Å². The molecule has 0 radical (unpaired) electrons. The van der Waals surface area contributed by atoms with Crippen LogP contribution in [0.4, 0.5) is 26.3 Å². The lowest BCUT2D eigenvalue weighted by molar-refractivity contribution is -0.138. The first-order valence-corrected chi connectivity index (χ1v) is 14.5. The fraction of sp³-hybridized carbons (Fsp3) is 0.500. The van der Waals surface area contributed by atoms with Crippen molar-refractivity contribution in [2.75, 3.05) is 13.1 Å². The van der Waals surface area contributed by atoms with Crippen LogP contribution in [0.2, 0.25) is 0 Å². The van der Waals surface area contributed by atoms with Gasteiger partial charge in [0.15, 0.2) is 9.84 Å². The number of halogens is 6. The molecule has 14 heteroatoms. The average Bonchev–Trinajstić information content (AvgIpc) is 3.72. The molecule has 1 aromatic heterocycles. The number of piperidine rings is 1. The summed E-state index contributed by atoms with van der Waals surface area (Å²) in [6.07, 6.45) is -7.36. The van der Waals surface area contributed by atoms with Gasteiger partial charge in [-0.1, -0.05) is 6.07 Å². The van der Waals surface area contributed by atoms with E-state index in [9.17, 15) is 43.8 Å². The van der Waals surface area contributed by atoms with Crippen molar-refractivity contribution in [2.24, 2.45) is 5.92 Å². The molecule has 0 spiro atoms. The first-order valence-electron chi connectivity index (χ1n) is 11.8. The SMILES string of the molecule is C[C@H](C1CCN(C(=O)c2ncc(C(F)(F)F)cc2S(=O)C2CC2)CC1)S(=O)(=O)c1cccc(C(F)(F)F)c1. The molecule has 1 unspecified atom stereocenters. The van der Waals surface area contributed by atoms with Gasteiger partial charge in [-0.05, 0) is 62.8 Å². The van der Waals surface area contributed by atoms with Crippen LogP contribution in [-0.2, 0) is 33.0 Å². The average molecular weight is 583 g/mol. The highest BCUT2D eigenvalue weighted by molar-refractivity contribution is 7.92. The summed E-state index contributed by atoms with van der Waals surface area (Å²) >= 11 is 0. The smallest absolute Gasteiger partial charge is 0.337 e. The Bertz CT molecular complexity index is 1350. The summed E-state index contributed by atoms with van der Waals surface area (Å²) in [5, 5.41) is -1.37. The van der Waals surface area contributed by atoms with Gasteiger partial charge in [-0.25, -0.2) is 13.4 Å². The molecule has 4 rings (SSSR count). The Hall–Kier alpha value is -2.48. The maximum atomic E-state index is 13.2. The topological polar surface area (TPSA) is 84.4 Å². The van der Waals surface area contributed by atoms with E-state index >= 15 is 0 Å². The summed E-state index contributed by atoms with van der Waals surface area (Å²) in [6.45, 7) is 1.53. The van der Waals surface area contributed by atoms with Gasteiger partial charge in [0, 0.05) is 24.5 Å². The summed E-state index contributed by atoms with van der Waals surface area (Å²) in [4.78, 5) is 17.5. The fourth-order valence-corrected chi connectivity index (χ4v) is 7.68. The van der Waals surface area contributed by atoms with E-state index in [0.29, 0.717) is 31.2 Å². The number of benzene rings is 1. The van der Waals surface area contributed by atoms with Crippen LogP contribution in [0.1, 0.15) is 54.2 Å². The normalized spacial score (nSPS) is 19.3. The van der Waals surface area contributed by atoms with Gasteiger partial charge < -0.3 is 4.90 Å². The van der Waals surface area contributed by atoms with Crippen LogP contribution in [0.15, 0.2) is 46.3 Å². The quantitative estimate of drug-likeness (QED) is 0.443. The number of sulfone groups is 1. The maximum absolute atomic E-state index is 13.2. The molecule has 0 bridgehead atoms. The molecular weight excluding hydrogens is 558 g/mol. The van der Waals surface area contributed by atoms with Gasteiger partial charge in [0.2, 0.25) is 0 Å². The molecule has 208 valence electrons. The summed E-state index contributed by atoms with van der Waals surface area (Å²) in [6, 6.07) is 4.22. The van der Waals surface area contributed by atoms with Crippen molar-refractivity contribution in [2.45, 2.75) is 65.3 Å². The summed E-state index contributed by atoms with van der Waals surface area (Å²) < 4.78 is 118. The lowest BCUT2D eigenvalue weighted by atomic mass is 9.94. The molecule has 2 atom stereocenters. The number of aromatic nitrogens is 1. The van der Waals surface area contributed by atoms with Crippen LogP contribution in [0, 0.1) is 5.92 Å². The van der Waals surface area contributed by atoms with Crippen LogP contribution in [-0.4, -0.2) is 52.0 Å². The number of rotatable bonds is 6. The van der Waals surface area contributed by atoms with Crippen LogP contribution in [0.25, 0.3) is 0 Å². The second-order valence-corrected chi connectivity index (χ2v) is 13.5. The molecule has 2 aromatic rings. The number of hydrogen-bond donors (Lipinski definition) is 0. The molecule has 0 N–H and O–H groups in total. The lowest BCUT2D eigenvalue weighted by Crippen LogP contribution is -2.43. The largest absolute Gasteiger partial charge is 0.417 e. The molecule has 1 aliphatic carbocycles. The third-order valence-corrected chi connectivity index (χ3v) is 11.0. The molecular formula is C24H24F6N2O4S2. The Morgan fingerprint density at radius 2 is 1.61 bits per heavy atom. The van der Waals surface area contributed by atoms with Crippen molar-refractivity contribution >= 4 is 26.5 Å². The van der Waals surface area contributed by atoms with Crippen LogP contribution in [0.5, 0.6) is 0 Å². The van der Waals surface area contributed by atoms with Crippen molar-refractivity contribution in [3.8, 4) is 0 Å². The molecule has 1 saturated heterocycles. The third kappa shape index (κ3) is 5.90. The Labute approximate surface area is 217 Å². The number of likely N-dealkylation sites (tertiary alicyclic amines) is 1. The number of alkyl halides is 6. The number of hydrogen-bond acceptors (Lipinski definition) is 5. The molecule has 6 nitrogen and oxygen atoms in total. The molecule has 2 heterocycles. The van der Waals surface area contributed by atoms with E-state index in [1.54, 1.807) is 0 Å². The van der Waals surface area contributed by atoms with Crippen LogP contribution >= 0.6 is 0 Å². The molecule has 1 amide bonds. The minimum Gasteiger partial charge on any atom is -0.337 e. The highest BCUT2D eigenvalue weighted by atomic mass is 32.2. The van der Waals surface area contributed by atoms with Crippen molar-refractivity contribution in [3.05, 3.63) is 53.3 Å². The fourth-order valence-electron chi connectivity index (χ4n) is 4.41. The van der Waals surface area contributed by atoms with E-state index in [-0.39, 0.29) is 41.8 Å². The zero-order valence-corrected chi connectivity index (χ0v) is 21.7. The third-order valence-electron chi connectivity index (χ3n) is 6.90. The molecule has 2 aliphatic rings. The maximum Gasteiger partial charge on any atom is 0.417 e. The van der Waals surface area contributed by atoms with E-state index in [4.69, 9.17) is 0 Å². The van der Waals surface area contributed by atoms with Crippen molar-refractivity contribution in [1.29, 1.82) is 0 Å². The summed E-state index contributed by atoms with van der Waals surface area (Å²) in [5.41, 5.74) is -2.51. The van der Waals surface area contributed by atoms with Gasteiger partial charge in [-0.2, -0.15) is 26.3 Å². The molecule has 1 aromatic carbocycles. The predicted molar refractivity (Wildman–Crippen MR) is 125 cm³/mol. The Balaban J connectivity index is 1.49. The van der Waals surface area contributed by atoms with E-state index < -0.39 is 66.1 Å². The standard InChI is InChI=1S/C24H24F6N2O4S2/c1-14(38(35,36)19-4-2-3-16(11-19)23(25,26)27)15-7-9-32(10-8-15)22(33)21-20(37(34)18-5-6-18)12-17(13-31-21)24(28,29)30/h2-4,11-15,18H,5-10H2,1H3/t14-,37?/m1/s1. The van der Waals surface area contributed by atoms with Gasteiger partial charge in [0.25, 0.3) is 5.91 Å². The molecule has 38 heavy (non-hydrogen) atoms. The monoisotopic (exact) mass is 582 g/mol. The van der Waals surface area contributed by atoms with Gasteiger partial charge in [0.05, 0.1) is 37.0 Å². The van der Waals surface area contributed by atoms with Crippen molar-refractivity contribution < 1.29 is 43.8 Å². The molecule has 1 saturated carbocycles. The van der Waals surface area contributed by atoms with Gasteiger partial charge in [-0.15, -0.1) is 0 Å². The van der Waals surface area contributed by atoms with E-state index in [1.807, 2.05) is 0 Å². The predicted octanol–water partition coefficient (Wildman–Crippen LogP) is 5.10. The van der Waals surface area contributed by atoms with Gasteiger partial charge >= 0.3 is 12.4 Å². The Morgan fingerprint density at radius 3 is 2.16 bits per heavy atom. The van der Waals surface area contributed by atoms with Crippen LogP contribution < -0.4 is 0 Å². The van der Waals surface area contributed by atoms with Crippen molar-refractivity contribution in [3.63, 3.8) is 0 Å². The number of carbonyl (C=O) groups excluding carboxylic acids is 1. The zero-order chi connectivity index (χ0) is 28.0. The second kappa shape index (κ2) is 10.2. The number of amides is 1.